The number of thiazole rings is 1. The van der Waals surface area contributed by atoms with Gasteiger partial charge in [-0.05, 0) is 43.3 Å². The fourth-order valence-corrected chi connectivity index (χ4v) is 3.64. The number of fused-ring (bicyclic) bond motifs is 1. The van der Waals surface area contributed by atoms with E-state index >= 15 is 0 Å². The fraction of sp³-hybridized carbons (Fsp3) is 0.182. The van der Waals surface area contributed by atoms with Crippen LogP contribution in [0.3, 0.4) is 0 Å². The molecule has 4 rings (SSSR count). The van der Waals surface area contributed by atoms with Crippen LogP contribution in [0.15, 0.2) is 54.0 Å². The van der Waals surface area contributed by atoms with Gasteiger partial charge in [0.25, 0.3) is 0 Å². The van der Waals surface area contributed by atoms with Crippen LogP contribution < -0.4 is 19.5 Å². The highest BCUT2D eigenvalue weighted by molar-refractivity contribution is 7.11. The number of nitrogens with zero attached hydrogens (tertiary/aromatic N) is 2. The summed E-state index contributed by atoms with van der Waals surface area (Å²) in [4.78, 5) is 4.61. The normalized spacial score (nSPS) is 12.9. The van der Waals surface area contributed by atoms with Crippen LogP contribution in [0.1, 0.15) is 11.9 Å². The lowest BCUT2D eigenvalue weighted by Gasteiger charge is -2.18. The van der Waals surface area contributed by atoms with Crippen molar-refractivity contribution in [2.75, 3.05) is 25.1 Å². The Morgan fingerprint density at radius 3 is 2.76 bits per heavy atom. The number of rotatable bonds is 6. The topological polar surface area (TPSA) is 76.4 Å². The highest BCUT2D eigenvalue weighted by atomic mass is 32.1. The van der Waals surface area contributed by atoms with Crippen molar-refractivity contribution < 1.29 is 14.2 Å². The molecular formula is C22H19N3O3S. The summed E-state index contributed by atoms with van der Waals surface area (Å²) in [5.41, 5.74) is 3.08. The first-order chi connectivity index (χ1) is 14.3. The van der Waals surface area contributed by atoms with Crippen molar-refractivity contribution in [1.82, 2.24) is 4.98 Å². The zero-order chi connectivity index (χ0) is 20.1. The van der Waals surface area contributed by atoms with Gasteiger partial charge in [0, 0.05) is 28.9 Å². The smallest absolute Gasteiger partial charge is 0.163 e. The first kappa shape index (κ1) is 18.8. The van der Waals surface area contributed by atoms with Gasteiger partial charge in [-0.25, -0.2) is 4.98 Å². The van der Waals surface area contributed by atoms with Crippen LogP contribution in [0.4, 0.5) is 5.69 Å². The van der Waals surface area contributed by atoms with E-state index in [-0.39, 0.29) is 0 Å². The van der Waals surface area contributed by atoms with Crippen LogP contribution in [-0.2, 0) is 0 Å². The van der Waals surface area contributed by atoms with Crippen LogP contribution in [0.2, 0.25) is 0 Å². The summed E-state index contributed by atoms with van der Waals surface area (Å²) in [6, 6.07) is 15.6. The molecule has 29 heavy (non-hydrogen) atoms. The van der Waals surface area contributed by atoms with E-state index in [4.69, 9.17) is 14.2 Å². The molecule has 146 valence electrons. The first-order valence-corrected chi connectivity index (χ1v) is 10.1. The maximum absolute atomic E-state index is 9.57. The maximum Gasteiger partial charge on any atom is 0.163 e. The van der Waals surface area contributed by atoms with Gasteiger partial charge >= 0.3 is 0 Å². The second kappa shape index (κ2) is 8.67. The number of hydrogen-bond donors (Lipinski definition) is 1. The molecule has 0 saturated heterocycles. The lowest BCUT2D eigenvalue weighted by atomic mass is 10.2. The van der Waals surface area contributed by atoms with E-state index < -0.39 is 0 Å². The lowest BCUT2D eigenvalue weighted by molar-refractivity contribution is 0.171. The summed E-state index contributed by atoms with van der Waals surface area (Å²) < 4.78 is 16.6. The van der Waals surface area contributed by atoms with Gasteiger partial charge in [-0.3, -0.25) is 0 Å². The molecule has 6 nitrogen and oxygen atoms in total. The highest BCUT2D eigenvalue weighted by Crippen LogP contribution is 2.33. The Bertz CT molecular complexity index is 1070. The molecule has 0 unspecified atom stereocenters. The highest BCUT2D eigenvalue weighted by Gasteiger charge is 2.12. The molecule has 0 spiro atoms. The average molecular weight is 405 g/mol. The Labute approximate surface area is 173 Å². The van der Waals surface area contributed by atoms with Gasteiger partial charge in [0.05, 0.1) is 12.3 Å². The van der Waals surface area contributed by atoms with Gasteiger partial charge < -0.3 is 19.5 Å². The standard InChI is InChI=1S/C22H19N3O3S/c1-2-26-18-6-3-15(4-7-18)19-14-29-22(25-19)16(12-23)13-24-17-5-8-20-21(11-17)28-10-9-27-20/h3-8,11,13-14,24H,2,9-10H2,1H3. The molecule has 0 aliphatic carbocycles. The maximum atomic E-state index is 9.57. The number of nitriles is 1. The van der Waals surface area contributed by atoms with E-state index in [2.05, 4.69) is 16.4 Å². The fourth-order valence-electron chi connectivity index (χ4n) is 2.85. The summed E-state index contributed by atoms with van der Waals surface area (Å²) in [5.74, 6) is 2.25. The predicted octanol–water partition coefficient (Wildman–Crippen LogP) is 4.96. The molecule has 2 aromatic carbocycles. The Hall–Kier alpha value is -3.50. The van der Waals surface area contributed by atoms with Crippen molar-refractivity contribution in [3.05, 3.63) is 59.1 Å². The number of hydrogen-bond acceptors (Lipinski definition) is 7. The molecule has 1 aromatic heterocycles. The van der Waals surface area contributed by atoms with Crippen molar-refractivity contribution >= 4 is 22.6 Å². The monoisotopic (exact) mass is 405 g/mol. The van der Waals surface area contributed by atoms with Crippen LogP contribution in [-0.4, -0.2) is 24.8 Å². The lowest BCUT2D eigenvalue weighted by Crippen LogP contribution is -2.15. The Kier molecular flexibility index (Phi) is 5.63. The predicted molar refractivity (Wildman–Crippen MR) is 113 cm³/mol. The Morgan fingerprint density at radius 2 is 2.00 bits per heavy atom. The number of anilines is 1. The van der Waals surface area contributed by atoms with Crippen molar-refractivity contribution in [3.63, 3.8) is 0 Å². The number of allylic oxidation sites excluding steroid dienone is 1. The van der Waals surface area contributed by atoms with E-state index in [1.54, 1.807) is 6.20 Å². The largest absolute Gasteiger partial charge is 0.494 e. The number of benzene rings is 2. The van der Waals surface area contributed by atoms with Gasteiger partial charge in [-0.1, -0.05) is 0 Å². The van der Waals surface area contributed by atoms with E-state index in [0.29, 0.717) is 36.2 Å². The molecule has 3 aromatic rings. The third kappa shape index (κ3) is 4.33. The molecular weight excluding hydrogens is 386 g/mol. The Morgan fingerprint density at radius 1 is 1.21 bits per heavy atom. The molecule has 2 heterocycles. The third-order valence-corrected chi connectivity index (χ3v) is 5.12. The van der Waals surface area contributed by atoms with Gasteiger partial charge in [0.1, 0.15) is 35.6 Å². The first-order valence-electron chi connectivity index (χ1n) is 9.22. The zero-order valence-corrected chi connectivity index (χ0v) is 16.7. The van der Waals surface area contributed by atoms with Crippen LogP contribution in [0, 0.1) is 11.3 Å². The van der Waals surface area contributed by atoms with E-state index in [1.807, 2.05) is 54.8 Å². The van der Waals surface area contributed by atoms with E-state index in [1.165, 1.54) is 11.3 Å². The minimum atomic E-state index is 0.460. The molecule has 0 saturated carbocycles. The van der Waals surface area contributed by atoms with Gasteiger partial charge in [-0.15, -0.1) is 11.3 Å². The van der Waals surface area contributed by atoms with Crippen LogP contribution >= 0.6 is 11.3 Å². The molecule has 0 radical (unpaired) electrons. The van der Waals surface area contributed by atoms with E-state index in [9.17, 15) is 5.26 Å². The molecule has 0 fully saturated rings. The van der Waals surface area contributed by atoms with Crippen molar-refractivity contribution in [2.24, 2.45) is 0 Å². The molecule has 0 atom stereocenters. The average Bonchev–Trinajstić information content (AvgIpc) is 3.25. The van der Waals surface area contributed by atoms with Gasteiger partial charge in [-0.2, -0.15) is 5.26 Å². The number of ether oxygens (including phenoxy) is 3. The molecule has 7 heteroatoms. The minimum absolute atomic E-state index is 0.460. The minimum Gasteiger partial charge on any atom is -0.494 e. The zero-order valence-electron chi connectivity index (χ0n) is 15.8. The number of nitrogens with one attached hydrogen (secondary N) is 1. The molecule has 1 aliphatic rings. The van der Waals surface area contributed by atoms with E-state index in [0.717, 1.165) is 28.4 Å². The quantitative estimate of drug-likeness (QED) is 0.585. The van der Waals surface area contributed by atoms with Crippen LogP contribution in [0.25, 0.3) is 16.8 Å². The summed E-state index contributed by atoms with van der Waals surface area (Å²) >= 11 is 1.43. The van der Waals surface area contributed by atoms with Crippen LogP contribution in [0.5, 0.6) is 17.2 Å². The number of aromatic nitrogens is 1. The molecule has 0 amide bonds. The summed E-state index contributed by atoms with van der Waals surface area (Å²) in [5, 5.41) is 15.3. The SMILES string of the molecule is CCOc1ccc(-c2csc(C(C#N)=CNc3ccc4c(c3)OCCO4)n2)cc1. The second-order valence-corrected chi connectivity index (χ2v) is 7.03. The van der Waals surface area contributed by atoms with Gasteiger partial charge in [0.15, 0.2) is 11.5 Å². The molecule has 1 aliphatic heterocycles. The molecule has 0 bridgehead atoms. The summed E-state index contributed by atoms with van der Waals surface area (Å²) in [6.07, 6.45) is 1.66. The third-order valence-electron chi connectivity index (χ3n) is 4.24. The summed E-state index contributed by atoms with van der Waals surface area (Å²) in [7, 11) is 0. The van der Waals surface area contributed by atoms with Crippen molar-refractivity contribution in [2.45, 2.75) is 6.92 Å². The molecule has 1 N–H and O–H groups in total. The van der Waals surface area contributed by atoms with Crippen molar-refractivity contribution in [1.29, 1.82) is 5.26 Å². The van der Waals surface area contributed by atoms with Crippen molar-refractivity contribution in [3.8, 4) is 34.6 Å². The Balaban J connectivity index is 1.50. The second-order valence-electron chi connectivity index (χ2n) is 6.17. The van der Waals surface area contributed by atoms with Gasteiger partial charge in [0.2, 0.25) is 0 Å². The summed E-state index contributed by atoms with van der Waals surface area (Å²) in [6.45, 7) is 3.67.